The Bertz CT molecular complexity index is 787. The molecule has 2 aromatic carbocycles. The van der Waals surface area contributed by atoms with Crippen molar-refractivity contribution in [2.75, 3.05) is 32.1 Å². The van der Waals surface area contributed by atoms with Crippen molar-refractivity contribution in [3.63, 3.8) is 0 Å². The zero-order valence-electron chi connectivity index (χ0n) is 15.6. The van der Waals surface area contributed by atoms with E-state index in [1.54, 1.807) is 4.90 Å². The molecule has 2 aromatic rings. The first-order valence-corrected chi connectivity index (χ1v) is 9.06. The van der Waals surface area contributed by atoms with E-state index in [2.05, 4.69) is 0 Å². The van der Waals surface area contributed by atoms with Crippen molar-refractivity contribution in [3.05, 3.63) is 65.2 Å². The second-order valence-corrected chi connectivity index (χ2v) is 7.01. The number of amides is 1. The molecule has 3 rings (SSSR count). The second kappa shape index (κ2) is 8.48. The molecule has 1 atom stereocenters. The minimum absolute atomic E-state index is 0.0275. The summed E-state index contributed by atoms with van der Waals surface area (Å²) in [4.78, 5) is 16.6. The molecule has 1 fully saturated rings. The third kappa shape index (κ3) is 4.83. The molecule has 0 aromatic heterocycles. The fraction of sp³-hybridized carbons (Fsp3) is 0.381. The number of carbonyl (C=O) groups is 1. The highest BCUT2D eigenvalue weighted by molar-refractivity contribution is 5.94. The van der Waals surface area contributed by atoms with Crippen LogP contribution in [0.4, 0.5) is 14.5 Å². The Kier molecular flexibility index (Phi) is 6.06. The van der Waals surface area contributed by atoms with Gasteiger partial charge in [-0.1, -0.05) is 12.1 Å². The highest BCUT2D eigenvalue weighted by Crippen LogP contribution is 2.20. The summed E-state index contributed by atoms with van der Waals surface area (Å²) in [5.74, 6) is -2.31. The summed E-state index contributed by atoms with van der Waals surface area (Å²) in [5.41, 5.74) is 2.17. The van der Waals surface area contributed by atoms with Gasteiger partial charge in [0.2, 0.25) is 0 Å². The second-order valence-electron chi connectivity index (χ2n) is 7.01. The average molecular weight is 374 g/mol. The predicted molar refractivity (Wildman–Crippen MR) is 101 cm³/mol. The lowest BCUT2D eigenvalue weighted by Crippen LogP contribution is -2.37. The van der Waals surface area contributed by atoms with Gasteiger partial charge >= 0.3 is 0 Å². The Balaban J connectivity index is 1.80. The molecule has 1 aliphatic rings. The van der Waals surface area contributed by atoms with Gasteiger partial charge in [0.05, 0.1) is 6.10 Å². The molecule has 1 heterocycles. The van der Waals surface area contributed by atoms with E-state index >= 15 is 0 Å². The van der Waals surface area contributed by atoms with E-state index in [0.717, 1.165) is 36.2 Å². The maximum Gasteiger partial charge on any atom is 0.254 e. The fourth-order valence-corrected chi connectivity index (χ4v) is 3.19. The van der Waals surface area contributed by atoms with Gasteiger partial charge in [-0.2, -0.15) is 0 Å². The van der Waals surface area contributed by atoms with Crippen molar-refractivity contribution in [1.29, 1.82) is 0 Å². The van der Waals surface area contributed by atoms with Crippen molar-refractivity contribution in [2.24, 2.45) is 0 Å². The molecule has 27 heavy (non-hydrogen) atoms. The highest BCUT2D eigenvalue weighted by atomic mass is 19.2. The summed E-state index contributed by atoms with van der Waals surface area (Å²) in [7, 11) is 3.93. The molecule has 0 bridgehead atoms. The van der Waals surface area contributed by atoms with Crippen LogP contribution in [0.15, 0.2) is 42.5 Å². The van der Waals surface area contributed by atoms with E-state index in [-0.39, 0.29) is 17.6 Å². The normalized spacial score (nSPS) is 16.4. The molecule has 144 valence electrons. The number of anilines is 1. The third-order valence-corrected chi connectivity index (χ3v) is 4.73. The van der Waals surface area contributed by atoms with Crippen LogP contribution in [0.1, 0.15) is 28.8 Å². The number of rotatable bonds is 6. The van der Waals surface area contributed by atoms with Gasteiger partial charge in [-0.3, -0.25) is 4.79 Å². The first-order valence-electron chi connectivity index (χ1n) is 9.06. The smallest absolute Gasteiger partial charge is 0.254 e. The molecule has 6 heteroatoms. The van der Waals surface area contributed by atoms with Crippen LogP contribution in [0.3, 0.4) is 0 Å². The Morgan fingerprint density at radius 2 is 1.85 bits per heavy atom. The summed E-state index contributed by atoms with van der Waals surface area (Å²) < 4.78 is 32.5. The highest BCUT2D eigenvalue weighted by Gasteiger charge is 2.24. The maximum atomic E-state index is 13.6. The number of carbonyl (C=O) groups excluding carboxylic acids is 1. The minimum Gasteiger partial charge on any atom is -0.378 e. The molecule has 0 radical (unpaired) electrons. The van der Waals surface area contributed by atoms with E-state index in [1.807, 2.05) is 43.3 Å². The number of hydrogen-bond acceptors (Lipinski definition) is 3. The monoisotopic (exact) mass is 374 g/mol. The van der Waals surface area contributed by atoms with Crippen LogP contribution in [0.5, 0.6) is 0 Å². The number of hydrogen-bond donors (Lipinski definition) is 0. The molecule has 1 unspecified atom stereocenters. The number of halogens is 2. The summed E-state index contributed by atoms with van der Waals surface area (Å²) >= 11 is 0. The number of ether oxygens (including phenoxy) is 1. The SMILES string of the molecule is CN(C)c1ccc(CN(CC2CCCO2)C(=O)c2ccc(F)c(F)c2)cc1. The van der Waals surface area contributed by atoms with Gasteiger partial charge in [-0.05, 0) is 48.7 Å². The standard InChI is InChI=1S/C21H24F2N2O2/c1-24(2)17-8-5-15(6-9-17)13-25(14-18-4-3-11-27-18)21(26)16-7-10-19(22)20(23)12-16/h5-10,12,18H,3-4,11,13-14H2,1-2H3. The minimum atomic E-state index is -1.02. The van der Waals surface area contributed by atoms with Gasteiger partial charge in [-0.15, -0.1) is 0 Å². The largest absolute Gasteiger partial charge is 0.378 e. The molecule has 0 saturated carbocycles. The van der Waals surface area contributed by atoms with Crippen LogP contribution in [0.25, 0.3) is 0 Å². The van der Waals surface area contributed by atoms with Crippen molar-refractivity contribution < 1.29 is 18.3 Å². The van der Waals surface area contributed by atoms with E-state index in [1.165, 1.54) is 6.07 Å². The molecular weight excluding hydrogens is 350 g/mol. The maximum absolute atomic E-state index is 13.6. The lowest BCUT2D eigenvalue weighted by Gasteiger charge is -2.26. The third-order valence-electron chi connectivity index (χ3n) is 4.73. The van der Waals surface area contributed by atoms with Crippen molar-refractivity contribution >= 4 is 11.6 Å². The Labute approximate surface area is 158 Å². The quantitative estimate of drug-likeness (QED) is 0.770. The fourth-order valence-electron chi connectivity index (χ4n) is 3.19. The summed E-state index contributed by atoms with van der Waals surface area (Å²) in [6.45, 7) is 1.49. The van der Waals surface area contributed by atoms with Crippen LogP contribution >= 0.6 is 0 Å². The lowest BCUT2D eigenvalue weighted by molar-refractivity contribution is 0.0507. The topological polar surface area (TPSA) is 32.8 Å². The molecule has 1 aliphatic heterocycles. The van der Waals surface area contributed by atoms with Crippen LogP contribution in [-0.4, -0.2) is 44.2 Å². The Morgan fingerprint density at radius 1 is 1.11 bits per heavy atom. The zero-order valence-corrected chi connectivity index (χ0v) is 15.6. The Hall–Kier alpha value is -2.47. The summed E-state index contributed by atoms with van der Waals surface area (Å²) in [6, 6.07) is 11.2. The van der Waals surface area contributed by atoms with Gasteiger partial charge in [-0.25, -0.2) is 8.78 Å². The Morgan fingerprint density at radius 3 is 2.44 bits per heavy atom. The predicted octanol–water partition coefficient (Wildman–Crippen LogP) is 3.85. The zero-order chi connectivity index (χ0) is 19.4. The lowest BCUT2D eigenvalue weighted by atomic mass is 10.1. The van der Waals surface area contributed by atoms with Crippen LogP contribution < -0.4 is 4.90 Å². The van der Waals surface area contributed by atoms with Gasteiger partial charge < -0.3 is 14.5 Å². The van der Waals surface area contributed by atoms with Crippen molar-refractivity contribution in [3.8, 4) is 0 Å². The van der Waals surface area contributed by atoms with E-state index in [4.69, 9.17) is 4.74 Å². The molecule has 0 spiro atoms. The molecule has 0 N–H and O–H groups in total. The van der Waals surface area contributed by atoms with Crippen LogP contribution in [0, 0.1) is 11.6 Å². The van der Waals surface area contributed by atoms with Gasteiger partial charge in [0.15, 0.2) is 11.6 Å². The van der Waals surface area contributed by atoms with Crippen LogP contribution in [0.2, 0.25) is 0 Å². The molecule has 1 amide bonds. The first-order chi connectivity index (χ1) is 12.9. The van der Waals surface area contributed by atoms with E-state index < -0.39 is 11.6 Å². The van der Waals surface area contributed by atoms with Gasteiger partial charge in [0, 0.05) is 45.0 Å². The van der Waals surface area contributed by atoms with Crippen molar-refractivity contribution in [1.82, 2.24) is 4.90 Å². The molecular formula is C21H24F2N2O2. The van der Waals surface area contributed by atoms with Crippen LogP contribution in [-0.2, 0) is 11.3 Å². The average Bonchev–Trinajstić information content (AvgIpc) is 3.16. The van der Waals surface area contributed by atoms with Gasteiger partial charge in [0.1, 0.15) is 0 Å². The number of benzene rings is 2. The summed E-state index contributed by atoms with van der Waals surface area (Å²) in [5, 5.41) is 0. The van der Waals surface area contributed by atoms with Gasteiger partial charge in [0.25, 0.3) is 5.91 Å². The van der Waals surface area contributed by atoms with E-state index in [9.17, 15) is 13.6 Å². The molecule has 1 saturated heterocycles. The van der Waals surface area contributed by atoms with Crippen molar-refractivity contribution in [2.45, 2.75) is 25.5 Å². The summed E-state index contributed by atoms with van der Waals surface area (Å²) in [6.07, 6.45) is 1.83. The molecule has 0 aliphatic carbocycles. The number of nitrogens with zero attached hydrogens (tertiary/aromatic N) is 2. The van der Waals surface area contributed by atoms with E-state index in [0.29, 0.717) is 19.7 Å². The first kappa shape index (κ1) is 19.3. The molecule has 4 nitrogen and oxygen atoms in total.